The molecule has 0 aromatic heterocycles. The summed E-state index contributed by atoms with van der Waals surface area (Å²) in [5.41, 5.74) is 4.57. The molecule has 1 saturated heterocycles. The van der Waals surface area contributed by atoms with Crippen LogP contribution in [0.1, 0.15) is 31.9 Å². The zero-order valence-electron chi connectivity index (χ0n) is 17.1. The van der Waals surface area contributed by atoms with Crippen molar-refractivity contribution < 1.29 is 9.18 Å². The first-order chi connectivity index (χ1) is 14.1. The Morgan fingerprint density at radius 1 is 1.23 bits per heavy atom. The molecule has 1 fully saturated rings. The van der Waals surface area contributed by atoms with E-state index < -0.39 is 0 Å². The molecule has 7 heteroatoms. The highest BCUT2D eigenvalue weighted by atomic mass is 35.5. The number of rotatable bonds is 2. The first kappa shape index (κ1) is 20.7. The van der Waals surface area contributed by atoms with Crippen molar-refractivity contribution >= 4 is 57.5 Å². The van der Waals surface area contributed by atoms with E-state index in [1.54, 1.807) is 18.2 Å². The molecule has 1 amide bonds. The second-order valence-corrected chi connectivity index (χ2v) is 9.33. The lowest BCUT2D eigenvalue weighted by Crippen LogP contribution is -2.42. The van der Waals surface area contributed by atoms with E-state index in [4.69, 9.17) is 11.6 Å². The van der Waals surface area contributed by atoms with Gasteiger partial charge >= 0.3 is 0 Å². The fraction of sp³-hybridized carbons (Fsp3) is 0.217. The molecule has 0 radical (unpaired) electrons. The highest BCUT2D eigenvalue weighted by Crippen LogP contribution is 2.41. The van der Waals surface area contributed by atoms with Crippen molar-refractivity contribution in [2.45, 2.75) is 26.3 Å². The van der Waals surface area contributed by atoms with Crippen LogP contribution in [0.4, 0.5) is 15.8 Å². The Kier molecular flexibility index (Phi) is 5.24. The first-order valence-electron chi connectivity index (χ1n) is 9.46. The zero-order chi connectivity index (χ0) is 21.6. The fourth-order valence-corrected chi connectivity index (χ4v) is 4.60. The van der Waals surface area contributed by atoms with Crippen LogP contribution in [0.3, 0.4) is 0 Å². The second kappa shape index (κ2) is 7.60. The number of nitrogens with zero attached hydrogens (tertiary/aromatic N) is 2. The highest BCUT2D eigenvalue weighted by Gasteiger charge is 2.30. The number of amides is 1. The Morgan fingerprint density at radius 3 is 2.63 bits per heavy atom. The third-order valence-electron chi connectivity index (χ3n) is 5.33. The van der Waals surface area contributed by atoms with Gasteiger partial charge < -0.3 is 10.2 Å². The van der Waals surface area contributed by atoms with E-state index in [2.05, 4.69) is 49.1 Å². The summed E-state index contributed by atoms with van der Waals surface area (Å²) in [6, 6.07) is 9.75. The molecule has 2 heterocycles. The molecule has 154 valence electrons. The van der Waals surface area contributed by atoms with Crippen molar-refractivity contribution in [3.63, 3.8) is 0 Å². The molecule has 30 heavy (non-hydrogen) atoms. The maximum atomic E-state index is 13.1. The predicted molar refractivity (Wildman–Crippen MR) is 125 cm³/mol. The van der Waals surface area contributed by atoms with E-state index >= 15 is 0 Å². The standard InChI is InChI=1S/C23H21ClFN3OS/c1-13-12-23(2,3)28(4)19-11-18(24)14(9-17(13)19)10-20-21(29)27-22(30-20)26-16-7-5-15(25)6-8-16/h5-12H,1-4H3,(H,26,27,29)/b20-10+. The monoisotopic (exact) mass is 441 g/mol. The second-order valence-electron chi connectivity index (χ2n) is 7.89. The van der Waals surface area contributed by atoms with E-state index in [1.807, 2.05) is 12.1 Å². The average Bonchev–Trinajstić information content (AvgIpc) is 3.01. The number of carbonyl (C=O) groups excluding carboxylic acids is 1. The number of allylic oxidation sites excluding steroid dienone is 1. The van der Waals surface area contributed by atoms with Gasteiger partial charge in [0, 0.05) is 23.3 Å². The molecule has 0 aliphatic carbocycles. The predicted octanol–water partition coefficient (Wildman–Crippen LogP) is 6.00. The van der Waals surface area contributed by atoms with Crippen LogP contribution in [-0.2, 0) is 4.79 Å². The Hall–Kier alpha value is -2.57. The van der Waals surface area contributed by atoms with Crippen LogP contribution < -0.4 is 10.2 Å². The van der Waals surface area contributed by atoms with Gasteiger partial charge in [0.2, 0.25) is 0 Å². The van der Waals surface area contributed by atoms with E-state index in [1.165, 1.54) is 29.5 Å². The summed E-state index contributed by atoms with van der Waals surface area (Å²) in [4.78, 5) is 19.5. The van der Waals surface area contributed by atoms with Gasteiger partial charge in [-0.15, -0.1) is 0 Å². The Morgan fingerprint density at radius 2 is 1.93 bits per heavy atom. The summed E-state index contributed by atoms with van der Waals surface area (Å²) in [5, 5.41) is 3.77. The Balaban J connectivity index is 1.66. The lowest BCUT2D eigenvalue weighted by Gasteiger charge is -2.40. The summed E-state index contributed by atoms with van der Waals surface area (Å²) in [6.45, 7) is 6.40. The van der Waals surface area contributed by atoms with Crippen LogP contribution in [0.25, 0.3) is 11.6 Å². The van der Waals surface area contributed by atoms with Crippen LogP contribution in [-0.4, -0.2) is 23.7 Å². The van der Waals surface area contributed by atoms with Gasteiger partial charge in [-0.2, -0.15) is 0 Å². The van der Waals surface area contributed by atoms with Gasteiger partial charge in [0.15, 0.2) is 5.17 Å². The fourth-order valence-electron chi connectivity index (χ4n) is 3.55. The van der Waals surface area contributed by atoms with Crippen molar-refractivity contribution in [1.82, 2.24) is 5.32 Å². The van der Waals surface area contributed by atoms with Crippen molar-refractivity contribution in [3.8, 4) is 0 Å². The topological polar surface area (TPSA) is 44.7 Å². The minimum absolute atomic E-state index is 0.104. The number of carbonyl (C=O) groups is 1. The molecule has 2 aromatic rings. The van der Waals surface area contributed by atoms with Crippen LogP contribution in [0.15, 0.2) is 52.4 Å². The summed E-state index contributed by atoms with van der Waals surface area (Å²) in [7, 11) is 2.05. The summed E-state index contributed by atoms with van der Waals surface area (Å²) in [5.74, 6) is -0.566. The molecule has 2 aliphatic heterocycles. The van der Waals surface area contributed by atoms with Crippen molar-refractivity contribution in [3.05, 3.63) is 69.3 Å². The third-order valence-corrected chi connectivity index (χ3v) is 6.57. The quantitative estimate of drug-likeness (QED) is 0.581. The highest BCUT2D eigenvalue weighted by molar-refractivity contribution is 8.18. The van der Waals surface area contributed by atoms with Crippen LogP contribution in [0.2, 0.25) is 5.02 Å². The van der Waals surface area contributed by atoms with E-state index in [-0.39, 0.29) is 17.3 Å². The molecule has 2 aromatic carbocycles. The van der Waals surface area contributed by atoms with Crippen molar-refractivity contribution in [1.29, 1.82) is 0 Å². The number of hydrogen-bond acceptors (Lipinski definition) is 4. The number of nitrogens with one attached hydrogen (secondary N) is 1. The van der Waals surface area contributed by atoms with E-state index in [0.717, 1.165) is 16.8 Å². The minimum Gasteiger partial charge on any atom is -0.365 e. The molecule has 0 unspecified atom stereocenters. The first-order valence-corrected chi connectivity index (χ1v) is 10.7. The third kappa shape index (κ3) is 3.89. The number of anilines is 1. The van der Waals surface area contributed by atoms with Gasteiger partial charge in [0.1, 0.15) is 5.82 Å². The van der Waals surface area contributed by atoms with Crippen molar-refractivity contribution in [2.75, 3.05) is 11.9 Å². The normalized spacial score (nSPS) is 20.4. The Labute approximate surface area is 184 Å². The molecular weight excluding hydrogens is 421 g/mol. The number of benzene rings is 2. The molecule has 0 saturated carbocycles. The SMILES string of the molecule is CC1=CC(C)(C)N(C)c2cc(Cl)c(/C=C3/SC(=Nc4ccc(F)cc4)NC3=O)cc21. The lowest BCUT2D eigenvalue weighted by molar-refractivity contribution is -0.115. The number of thioether (sulfide) groups is 1. The van der Waals surface area contributed by atoms with E-state index in [9.17, 15) is 9.18 Å². The van der Waals surface area contributed by atoms with Crippen LogP contribution in [0, 0.1) is 5.82 Å². The number of likely N-dealkylation sites (N-methyl/N-ethyl adjacent to an activating group) is 1. The molecule has 1 N–H and O–H groups in total. The van der Waals surface area contributed by atoms with Crippen molar-refractivity contribution in [2.24, 2.45) is 4.99 Å². The minimum atomic E-state index is -0.330. The average molecular weight is 442 g/mol. The molecule has 4 nitrogen and oxygen atoms in total. The largest absolute Gasteiger partial charge is 0.365 e. The molecule has 4 rings (SSSR count). The number of hydrogen-bond donors (Lipinski definition) is 1. The van der Waals surface area contributed by atoms with E-state index in [0.29, 0.717) is 20.8 Å². The van der Waals surface area contributed by atoms with Gasteiger partial charge in [-0.3, -0.25) is 4.79 Å². The van der Waals surface area contributed by atoms with Gasteiger partial charge in [0.25, 0.3) is 5.91 Å². The van der Waals surface area contributed by atoms with Crippen LogP contribution >= 0.6 is 23.4 Å². The van der Waals surface area contributed by atoms with Gasteiger partial charge in [0.05, 0.1) is 16.1 Å². The molecule has 0 atom stereocenters. The van der Waals surface area contributed by atoms with Gasteiger partial charge in [-0.25, -0.2) is 9.38 Å². The maximum absolute atomic E-state index is 13.1. The number of halogens is 2. The summed E-state index contributed by atoms with van der Waals surface area (Å²) >= 11 is 7.81. The zero-order valence-corrected chi connectivity index (χ0v) is 18.7. The van der Waals surface area contributed by atoms with Crippen LogP contribution in [0.5, 0.6) is 0 Å². The lowest BCUT2D eigenvalue weighted by atomic mass is 9.88. The number of aliphatic imine (C=N–C) groups is 1. The smallest absolute Gasteiger partial charge is 0.264 e. The molecule has 0 spiro atoms. The summed E-state index contributed by atoms with van der Waals surface area (Å²) < 4.78 is 13.1. The van der Waals surface area contributed by atoms with Gasteiger partial charge in [-0.1, -0.05) is 17.7 Å². The number of fused-ring (bicyclic) bond motifs is 1. The maximum Gasteiger partial charge on any atom is 0.264 e. The Bertz CT molecular complexity index is 1140. The molecule has 0 bridgehead atoms. The van der Waals surface area contributed by atoms with Gasteiger partial charge in [-0.05, 0) is 86.1 Å². The summed E-state index contributed by atoms with van der Waals surface area (Å²) in [6.07, 6.45) is 4.01. The molecule has 2 aliphatic rings. The number of amidine groups is 1. The molecular formula is C23H21ClFN3OS.